The molecule has 0 bridgehead atoms. The van der Waals surface area contributed by atoms with Gasteiger partial charge in [0.2, 0.25) is 11.8 Å². The van der Waals surface area contributed by atoms with E-state index in [0.29, 0.717) is 5.69 Å². The predicted molar refractivity (Wildman–Crippen MR) is 77.3 cm³/mol. The maximum atomic E-state index is 11.8. The van der Waals surface area contributed by atoms with Crippen LogP contribution < -0.4 is 10.6 Å². The van der Waals surface area contributed by atoms with Crippen LogP contribution in [0.15, 0.2) is 28.7 Å². The number of hydrogen-bond donors (Lipinski definition) is 2. The van der Waals surface area contributed by atoms with Crippen molar-refractivity contribution in [2.45, 2.75) is 12.6 Å². The molecule has 1 rings (SSSR count). The number of carbonyl (C=O) groups is 2. The Labute approximate surface area is 133 Å². The van der Waals surface area contributed by atoms with E-state index < -0.39 is 25.3 Å². The van der Waals surface area contributed by atoms with E-state index in [4.69, 9.17) is 0 Å². The van der Waals surface area contributed by atoms with Gasteiger partial charge in [0, 0.05) is 23.1 Å². The second-order valence-corrected chi connectivity index (χ2v) is 5.18. The van der Waals surface area contributed by atoms with Crippen LogP contribution in [-0.4, -0.2) is 37.7 Å². The topological polar surface area (TPSA) is 67.4 Å². The standard InChI is InChI=1S/C13H14BrF3N2O3/c14-9-1-3-10(4-2-9)19-11(20)5-6-18-12(21)7-22-8-13(15,16)17/h1-4H,5-8H2,(H,18,21)(H,19,20). The molecule has 0 aliphatic rings. The number of amides is 2. The summed E-state index contributed by atoms with van der Waals surface area (Å²) in [7, 11) is 0. The van der Waals surface area contributed by atoms with Crippen molar-refractivity contribution in [1.29, 1.82) is 0 Å². The Morgan fingerprint density at radius 2 is 1.77 bits per heavy atom. The zero-order valence-electron chi connectivity index (χ0n) is 11.4. The molecule has 0 fully saturated rings. The number of rotatable bonds is 7. The molecule has 1 aromatic rings. The Morgan fingerprint density at radius 3 is 2.36 bits per heavy atom. The van der Waals surface area contributed by atoms with Gasteiger partial charge in [-0.05, 0) is 24.3 Å². The molecule has 0 spiro atoms. The van der Waals surface area contributed by atoms with Crippen molar-refractivity contribution in [3.63, 3.8) is 0 Å². The van der Waals surface area contributed by atoms with E-state index in [1.54, 1.807) is 24.3 Å². The van der Waals surface area contributed by atoms with Gasteiger partial charge in [-0.15, -0.1) is 0 Å². The van der Waals surface area contributed by atoms with Gasteiger partial charge in [-0.25, -0.2) is 0 Å². The van der Waals surface area contributed by atoms with E-state index in [2.05, 4.69) is 31.3 Å². The molecule has 0 saturated carbocycles. The maximum Gasteiger partial charge on any atom is 0.411 e. The smallest absolute Gasteiger partial charge is 0.362 e. The fourth-order valence-corrected chi connectivity index (χ4v) is 1.65. The average Bonchev–Trinajstić information content (AvgIpc) is 2.40. The second-order valence-electron chi connectivity index (χ2n) is 4.26. The molecule has 0 radical (unpaired) electrons. The molecule has 122 valence electrons. The molecule has 0 aliphatic heterocycles. The lowest BCUT2D eigenvalue weighted by Crippen LogP contribution is -2.32. The molecule has 0 aliphatic carbocycles. The molecule has 2 amide bonds. The largest absolute Gasteiger partial charge is 0.411 e. The van der Waals surface area contributed by atoms with Gasteiger partial charge in [-0.3, -0.25) is 9.59 Å². The van der Waals surface area contributed by atoms with Crippen molar-refractivity contribution < 1.29 is 27.5 Å². The molecule has 2 N–H and O–H groups in total. The summed E-state index contributed by atoms with van der Waals surface area (Å²) in [5.74, 6) is -1.03. The number of ether oxygens (including phenoxy) is 1. The van der Waals surface area contributed by atoms with Crippen LogP contribution in [0, 0.1) is 0 Å². The molecule has 5 nitrogen and oxygen atoms in total. The highest BCUT2D eigenvalue weighted by Gasteiger charge is 2.27. The number of carbonyl (C=O) groups excluding carboxylic acids is 2. The lowest BCUT2D eigenvalue weighted by molar-refractivity contribution is -0.175. The first-order chi connectivity index (χ1) is 10.3. The van der Waals surface area contributed by atoms with Gasteiger partial charge in [-0.2, -0.15) is 13.2 Å². The lowest BCUT2D eigenvalue weighted by atomic mass is 10.3. The predicted octanol–water partition coefficient (Wildman–Crippen LogP) is 2.47. The van der Waals surface area contributed by atoms with E-state index in [1.165, 1.54) is 0 Å². The van der Waals surface area contributed by atoms with E-state index in [1.807, 2.05) is 0 Å². The highest BCUT2D eigenvalue weighted by atomic mass is 79.9. The average molecular weight is 383 g/mol. The molecule has 0 atom stereocenters. The van der Waals surface area contributed by atoms with Crippen molar-refractivity contribution in [2.75, 3.05) is 25.1 Å². The van der Waals surface area contributed by atoms with E-state index in [9.17, 15) is 22.8 Å². The monoisotopic (exact) mass is 382 g/mol. The molecule has 0 saturated heterocycles. The fourth-order valence-electron chi connectivity index (χ4n) is 1.38. The third-order valence-electron chi connectivity index (χ3n) is 2.30. The van der Waals surface area contributed by atoms with Crippen LogP contribution in [0.2, 0.25) is 0 Å². The van der Waals surface area contributed by atoms with Crippen LogP contribution in [0.5, 0.6) is 0 Å². The molecule has 0 unspecified atom stereocenters. The second kappa shape index (κ2) is 8.74. The minimum absolute atomic E-state index is 0.00107. The summed E-state index contributed by atoms with van der Waals surface area (Å²) in [5.41, 5.74) is 0.605. The quantitative estimate of drug-likeness (QED) is 0.761. The van der Waals surface area contributed by atoms with Gasteiger partial charge in [0.1, 0.15) is 13.2 Å². The Hall–Kier alpha value is -1.61. The van der Waals surface area contributed by atoms with E-state index in [-0.39, 0.29) is 18.9 Å². The molecular weight excluding hydrogens is 369 g/mol. The van der Waals surface area contributed by atoms with Crippen molar-refractivity contribution >= 4 is 33.4 Å². The normalized spacial score (nSPS) is 11.1. The number of alkyl halides is 3. The summed E-state index contributed by atoms with van der Waals surface area (Å²) in [6, 6.07) is 6.92. The molecule has 0 aromatic heterocycles. The van der Waals surface area contributed by atoms with Crippen LogP contribution in [0.3, 0.4) is 0 Å². The molecule has 9 heteroatoms. The van der Waals surface area contributed by atoms with Gasteiger partial charge >= 0.3 is 6.18 Å². The van der Waals surface area contributed by atoms with Crippen molar-refractivity contribution in [3.05, 3.63) is 28.7 Å². The van der Waals surface area contributed by atoms with E-state index >= 15 is 0 Å². The van der Waals surface area contributed by atoms with Crippen molar-refractivity contribution in [1.82, 2.24) is 5.32 Å². The van der Waals surface area contributed by atoms with E-state index in [0.717, 1.165) is 4.47 Å². The molecule has 0 heterocycles. The van der Waals surface area contributed by atoms with Gasteiger partial charge < -0.3 is 15.4 Å². The number of benzene rings is 1. The number of hydrogen-bond acceptors (Lipinski definition) is 3. The summed E-state index contributed by atoms with van der Waals surface area (Å²) in [6.07, 6.45) is -4.47. The summed E-state index contributed by atoms with van der Waals surface area (Å²) in [5, 5.41) is 4.91. The van der Waals surface area contributed by atoms with Gasteiger partial charge in [-0.1, -0.05) is 15.9 Å². The Morgan fingerprint density at radius 1 is 1.14 bits per heavy atom. The van der Waals surface area contributed by atoms with Crippen LogP contribution in [0.1, 0.15) is 6.42 Å². The van der Waals surface area contributed by atoms with Gasteiger partial charge in [0.05, 0.1) is 0 Å². The summed E-state index contributed by atoms with van der Waals surface area (Å²) >= 11 is 3.26. The first-order valence-electron chi connectivity index (χ1n) is 6.23. The highest BCUT2D eigenvalue weighted by molar-refractivity contribution is 9.10. The van der Waals surface area contributed by atoms with Crippen LogP contribution in [-0.2, 0) is 14.3 Å². The van der Waals surface area contributed by atoms with Crippen molar-refractivity contribution in [3.8, 4) is 0 Å². The molecular formula is C13H14BrF3N2O3. The lowest BCUT2D eigenvalue weighted by Gasteiger charge is -2.08. The number of nitrogens with one attached hydrogen (secondary N) is 2. The SMILES string of the molecule is O=C(COCC(F)(F)F)NCCC(=O)Nc1ccc(Br)cc1. The third-order valence-corrected chi connectivity index (χ3v) is 2.83. The minimum Gasteiger partial charge on any atom is -0.362 e. The first-order valence-corrected chi connectivity index (χ1v) is 7.02. The molecule has 22 heavy (non-hydrogen) atoms. The van der Waals surface area contributed by atoms with Crippen molar-refractivity contribution in [2.24, 2.45) is 0 Å². The van der Waals surface area contributed by atoms with Crippen LogP contribution in [0.25, 0.3) is 0 Å². The number of halogens is 4. The Kier molecular flexibility index (Phi) is 7.33. The highest BCUT2D eigenvalue weighted by Crippen LogP contribution is 2.14. The molecule has 1 aromatic carbocycles. The fraction of sp³-hybridized carbons (Fsp3) is 0.385. The third kappa shape index (κ3) is 8.63. The Bertz CT molecular complexity index is 506. The summed E-state index contributed by atoms with van der Waals surface area (Å²) in [6.45, 7) is -2.17. The van der Waals surface area contributed by atoms with Gasteiger partial charge in [0.25, 0.3) is 0 Å². The summed E-state index contributed by atoms with van der Waals surface area (Å²) in [4.78, 5) is 22.7. The van der Waals surface area contributed by atoms with Gasteiger partial charge in [0.15, 0.2) is 0 Å². The first kappa shape index (κ1) is 18.4. The Balaban J connectivity index is 2.16. The van der Waals surface area contributed by atoms with Crippen LogP contribution >= 0.6 is 15.9 Å². The van der Waals surface area contributed by atoms with Crippen LogP contribution in [0.4, 0.5) is 18.9 Å². The zero-order chi connectivity index (χ0) is 16.6. The maximum absolute atomic E-state index is 11.8. The summed E-state index contributed by atoms with van der Waals surface area (Å²) < 4.78 is 40.4. The zero-order valence-corrected chi connectivity index (χ0v) is 13.0. The minimum atomic E-state index is -4.47. The number of anilines is 1.